The second kappa shape index (κ2) is 5.99. The van der Waals surface area contributed by atoms with Gasteiger partial charge in [-0.2, -0.15) is 0 Å². The minimum absolute atomic E-state index is 0.344. The van der Waals surface area contributed by atoms with Crippen molar-refractivity contribution in [2.24, 2.45) is 0 Å². The van der Waals surface area contributed by atoms with Gasteiger partial charge in [0.05, 0.1) is 6.04 Å². The predicted octanol–water partition coefficient (Wildman–Crippen LogP) is 4.25. The molecule has 108 valence electrons. The second-order valence-electron chi connectivity index (χ2n) is 6.24. The quantitative estimate of drug-likeness (QED) is 0.784. The van der Waals surface area contributed by atoms with Crippen molar-refractivity contribution in [3.63, 3.8) is 0 Å². The van der Waals surface area contributed by atoms with Gasteiger partial charge in [-0.05, 0) is 49.7 Å². The number of aryl methyl sites for hydroxylation is 1. The molecular formula is C18H25NO. The van der Waals surface area contributed by atoms with Gasteiger partial charge >= 0.3 is 0 Å². The van der Waals surface area contributed by atoms with Crippen LogP contribution in [0.2, 0.25) is 0 Å². The lowest BCUT2D eigenvalue weighted by Crippen LogP contribution is -2.38. The third-order valence-corrected chi connectivity index (χ3v) is 4.65. The van der Waals surface area contributed by atoms with E-state index in [-0.39, 0.29) is 0 Å². The van der Waals surface area contributed by atoms with Gasteiger partial charge in [-0.1, -0.05) is 37.6 Å². The van der Waals surface area contributed by atoms with Crippen LogP contribution in [0.3, 0.4) is 0 Å². The summed E-state index contributed by atoms with van der Waals surface area (Å²) in [6, 6.07) is 9.60. The number of carbonyl (C=O) groups excluding carboxylic acids is 1. The van der Waals surface area contributed by atoms with Crippen LogP contribution in [0.25, 0.3) is 0 Å². The van der Waals surface area contributed by atoms with Crippen LogP contribution in [0.15, 0.2) is 24.3 Å². The molecule has 0 aromatic heterocycles. The largest absolute Gasteiger partial charge is 0.333 e. The number of nitrogens with zero attached hydrogens (tertiary/aromatic N) is 1. The smallest absolute Gasteiger partial charge is 0.223 e. The maximum absolute atomic E-state index is 12.6. The summed E-state index contributed by atoms with van der Waals surface area (Å²) >= 11 is 0. The van der Waals surface area contributed by atoms with Gasteiger partial charge in [-0.15, -0.1) is 0 Å². The molecule has 1 unspecified atom stereocenters. The first-order chi connectivity index (χ1) is 9.81. The number of benzene rings is 1. The van der Waals surface area contributed by atoms with Crippen LogP contribution in [-0.2, 0) is 11.2 Å². The van der Waals surface area contributed by atoms with E-state index >= 15 is 0 Å². The van der Waals surface area contributed by atoms with E-state index in [2.05, 4.69) is 36.1 Å². The summed E-state index contributed by atoms with van der Waals surface area (Å²) in [4.78, 5) is 14.9. The van der Waals surface area contributed by atoms with Crippen molar-refractivity contribution in [3.8, 4) is 0 Å². The highest BCUT2D eigenvalue weighted by atomic mass is 16.2. The fraction of sp³-hybridized carbons (Fsp3) is 0.611. The van der Waals surface area contributed by atoms with E-state index in [0.717, 1.165) is 25.7 Å². The lowest BCUT2D eigenvalue weighted by atomic mass is 9.86. The summed E-state index contributed by atoms with van der Waals surface area (Å²) in [5.41, 5.74) is 2.87. The number of amides is 1. The average Bonchev–Trinajstić information content (AvgIpc) is 3.30. The van der Waals surface area contributed by atoms with Crippen molar-refractivity contribution in [1.29, 1.82) is 0 Å². The lowest BCUT2D eigenvalue weighted by molar-refractivity contribution is -0.134. The molecule has 2 aliphatic rings. The van der Waals surface area contributed by atoms with Crippen LogP contribution < -0.4 is 0 Å². The van der Waals surface area contributed by atoms with Crippen molar-refractivity contribution in [2.45, 2.75) is 70.4 Å². The summed E-state index contributed by atoms with van der Waals surface area (Å²) in [6.07, 6.45) is 8.80. The van der Waals surface area contributed by atoms with Crippen LogP contribution >= 0.6 is 0 Å². The molecule has 2 aliphatic carbocycles. The van der Waals surface area contributed by atoms with E-state index < -0.39 is 0 Å². The Morgan fingerprint density at radius 3 is 2.80 bits per heavy atom. The Hall–Kier alpha value is -1.31. The van der Waals surface area contributed by atoms with Crippen LogP contribution in [0.5, 0.6) is 0 Å². The molecule has 2 nitrogen and oxygen atoms in total. The van der Waals surface area contributed by atoms with Gasteiger partial charge in [0.1, 0.15) is 0 Å². The number of hydrogen-bond acceptors (Lipinski definition) is 1. The highest BCUT2D eigenvalue weighted by Crippen LogP contribution is 2.41. The molecule has 1 atom stereocenters. The normalized spacial score (nSPS) is 21.4. The molecule has 0 N–H and O–H groups in total. The number of unbranched alkanes of at least 4 members (excludes halogenated alkanes) is 1. The molecule has 1 aromatic rings. The van der Waals surface area contributed by atoms with E-state index in [0.29, 0.717) is 18.0 Å². The van der Waals surface area contributed by atoms with E-state index in [9.17, 15) is 4.79 Å². The van der Waals surface area contributed by atoms with Gasteiger partial charge in [-0.3, -0.25) is 4.79 Å². The van der Waals surface area contributed by atoms with Crippen molar-refractivity contribution in [1.82, 2.24) is 4.90 Å². The summed E-state index contributed by atoms with van der Waals surface area (Å²) in [7, 11) is 0. The van der Waals surface area contributed by atoms with E-state index in [1.807, 2.05) is 0 Å². The Morgan fingerprint density at radius 1 is 1.25 bits per heavy atom. The Labute approximate surface area is 122 Å². The van der Waals surface area contributed by atoms with Crippen LogP contribution in [0, 0.1) is 0 Å². The minimum Gasteiger partial charge on any atom is -0.333 e. The first kappa shape index (κ1) is 13.7. The fourth-order valence-electron chi connectivity index (χ4n) is 3.46. The van der Waals surface area contributed by atoms with Crippen molar-refractivity contribution >= 4 is 5.91 Å². The molecule has 0 spiro atoms. The molecule has 0 aliphatic heterocycles. The monoisotopic (exact) mass is 271 g/mol. The highest BCUT2D eigenvalue weighted by molar-refractivity contribution is 5.77. The molecule has 2 heteroatoms. The maximum Gasteiger partial charge on any atom is 0.223 e. The van der Waals surface area contributed by atoms with Gasteiger partial charge in [-0.25, -0.2) is 0 Å². The summed E-state index contributed by atoms with van der Waals surface area (Å²) in [6.45, 7) is 2.16. The Morgan fingerprint density at radius 2 is 2.05 bits per heavy atom. The first-order valence-corrected chi connectivity index (χ1v) is 8.20. The van der Waals surface area contributed by atoms with E-state index in [1.165, 1.54) is 36.8 Å². The molecule has 0 radical (unpaired) electrons. The number of carbonyl (C=O) groups is 1. The minimum atomic E-state index is 0.344. The van der Waals surface area contributed by atoms with Gasteiger partial charge in [0, 0.05) is 12.5 Å². The van der Waals surface area contributed by atoms with Crippen molar-refractivity contribution < 1.29 is 4.79 Å². The van der Waals surface area contributed by atoms with Crippen LogP contribution in [-0.4, -0.2) is 16.8 Å². The van der Waals surface area contributed by atoms with Crippen molar-refractivity contribution in [2.75, 3.05) is 0 Å². The zero-order valence-electron chi connectivity index (χ0n) is 12.5. The molecule has 3 rings (SSSR count). The van der Waals surface area contributed by atoms with Crippen LogP contribution in [0.4, 0.5) is 0 Å². The zero-order chi connectivity index (χ0) is 13.9. The average molecular weight is 271 g/mol. The molecule has 1 aromatic carbocycles. The molecule has 0 heterocycles. The first-order valence-electron chi connectivity index (χ1n) is 8.20. The Bertz CT molecular complexity index is 478. The van der Waals surface area contributed by atoms with E-state index in [1.54, 1.807) is 0 Å². The highest BCUT2D eigenvalue weighted by Gasteiger charge is 2.38. The van der Waals surface area contributed by atoms with Crippen LogP contribution in [0.1, 0.15) is 69.0 Å². The summed E-state index contributed by atoms with van der Waals surface area (Å²) in [5.74, 6) is 0.385. The molecule has 1 fully saturated rings. The molecule has 0 saturated heterocycles. The van der Waals surface area contributed by atoms with Gasteiger partial charge in [0.2, 0.25) is 5.91 Å². The summed E-state index contributed by atoms with van der Waals surface area (Å²) in [5, 5.41) is 0. The molecule has 1 saturated carbocycles. The number of hydrogen-bond donors (Lipinski definition) is 0. The topological polar surface area (TPSA) is 20.3 Å². The van der Waals surface area contributed by atoms with Gasteiger partial charge < -0.3 is 4.90 Å². The zero-order valence-corrected chi connectivity index (χ0v) is 12.5. The Balaban J connectivity index is 1.83. The SMILES string of the molecule is CCCCC(=O)N(C1CC1)C1CCCc2ccccc21. The molecule has 20 heavy (non-hydrogen) atoms. The molecule has 1 amide bonds. The fourth-order valence-corrected chi connectivity index (χ4v) is 3.46. The van der Waals surface area contributed by atoms with Gasteiger partial charge in [0.25, 0.3) is 0 Å². The van der Waals surface area contributed by atoms with Gasteiger partial charge in [0.15, 0.2) is 0 Å². The lowest BCUT2D eigenvalue weighted by Gasteiger charge is -2.36. The molecular weight excluding hydrogens is 246 g/mol. The summed E-state index contributed by atoms with van der Waals surface area (Å²) < 4.78 is 0. The predicted molar refractivity (Wildman–Crippen MR) is 81.5 cm³/mol. The maximum atomic E-state index is 12.6. The van der Waals surface area contributed by atoms with E-state index in [4.69, 9.17) is 0 Å². The Kier molecular flexibility index (Phi) is 4.09. The second-order valence-corrected chi connectivity index (χ2v) is 6.24. The van der Waals surface area contributed by atoms with Crippen molar-refractivity contribution in [3.05, 3.63) is 35.4 Å². The number of fused-ring (bicyclic) bond motifs is 1. The third-order valence-electron chi connectivity index (χ3n) is 4.65. The standard InChI is InChI=1S/C18H25NO/c1-2-3-11-18(20)19(15-12-13-15)17-10-6-8-14-7-4-5-9-16(14)17/h4-5,7,9,15,17H,2-3,6,8,10-13H2,1H3. The molecule has 0 bridgehead atoms. The number of rotatable bonds is 5. The third kappa shape index (κ3) is 2.74.